The standard InChI is InChI=1S/C16H23NO3/c1-4-13(5-2)11(3)15(18)17-10-12-6-8-14(9-7-12)16(19)20/h6-9,11,13H,4-5,10H2,1-3H3,(H,17,18)(H,19,20). The predicted octanol–water partition coefficient (Wildman–Crippen LogP) is 3.07. The Labute approximate surface area is 120 Å². The first-order chi connectivity index (χ1) is 9.49. The minimum Gasteiger partial charge on any atom is -0.478 e. The van der Waals surface area contributed by atoms with Crippen LogP contribution < -0.4 is 5.32 Å². The minimum absolute atomic E-state index is 0.00305. The second-order valence-electron chi connectivity index (χ2n) is 5.09. The van der Waals surface area contributed by atoms with Gasteiger partial charge in [0.2, 0.25) is 5.91 Å². The van der Waals surface area contributed by atoms with Crippen LogP contribution in [0, 0.1) is 11.8 Å². The van der Waals surface area contributed by atoms with E-state index in [0.717, 1.165) is 18.4 Å². The topological polar surface area (TPSA) is 66.4 Å². The zero-order valence-electron chi connectivity index (χ0n) is 12.3. The van der Waals surface area contributed by atoms with Crippen LogP contribution in [-0.2, 0) is 11.3 Å². The van der Waals surface area contributed by atoms with Gasteiger partial charge in [-0.3, -0.25) is 4.79 Å². The number of nitrogens with one attached hydrogen (secondary N) is 1. The molecule has 0 aliphatic rings. The van der Waals surface area contributed by atoms with Gasteiger partial charge in [-0.05, 0) is 23.6 Å². The summed E-state index contributed by atoms with van der Waals surface area (Å²) >= 11 is 0. The second kappa shape index (κ2) is 7.68. The molecule has 0 aliphatic heterocycles. The van der Waals surface area contributed by atoms with Crippen LogP contribution in [-0.4, -0.2) is 17.0 Å². The molecule has 1 atom stereocenters. The molecule has 4 nitrogen and oxygen atoms in total. The summed E-state index contributed by atoms with van der Waals surface area (Å²) in [5, 5.41) is 11.7. The van der Waals surface area contributed by atoms with Crippen molar-refractivity contribution in [3.05, 3.63) is 35.4 Å². The van der Waals surface area contributed by atoms with E-state index in [-0.39, 0.29) is 17.4 Å². The summed E-state index contributed by atoms with van der Waals surface area (Å²) in [6.45, 7) is 6.59. The molecular formula is C16H23NO3. The molecular weight excluding hydrogens is 254 g/mol. The van der Waals surface area contributed by atoms with Crippen molar-refractivity contribution < 1.29 is 14.7 Å². The molecule has 1 amide bonds. The number of rotatable bonds is 7. The summed E-state index contributed by atoms with van der Waals surface area (Å²) in [7, 11) is 0. The van der Waals surface area contributed by atoms with Crippen molar-refractivity contribution in [3.63, 3.8) is 0 Å². The van der Waals surface area contributed by atoms with E-state index in [1.807, 2.05) is 6.92 Å². The van der Waals surface area contributed by atoms with Crippen LogP contribution in [0.25, 0.3) is 0 Å². The summed E-state index contributed by atoms with van der Waals surface area (Å²) in [6.07, 6.45) is 2.00. The van der Waals surface area contributed by atoms with Gasteiger partial charge in [0.15, 0.2) is 0 Å². The highest BCUT2D eigenvalue weighted by Gasteiger charge is 2.20. The van der Waals surface area contributed by atoms with Crippen molar-refractivity contribution in [2.75, 3.05) is 0 Å². The van der Waals surface area contributed by atoms with Crippen LogP contribution in [0.5, 0.6) is 0 Å². The third-order valence-electron chi connectivity index (χ3n) is 3.84. The molecule has 0 bridgehead atoms. The van der Waals surface area contributed by atoms with Gasteiger partial charge in [-0.2, -0.15) is 0 Å². The van der Waals surface area contributed by atoms with Crippen molar-refractivity contribution in [1.82, 2.24) is 5.32 Å². The Balaban J connectivity index is 2.54. The fourth-order valence-electron chi connectivity index (χ4n) is 2.33. The van der Waals surface area contributed by atoms with Gasteiger partial charge in [-0.1, -0.05) is 45.7 Å². The Kier molecular flexibility index (Phi) is 6.22. The lowest BCUT2D eigenvalue weighted by Crippen LogP contribution is -2.32. The molecule has 0 aromatic heterocycles. The third-order valence-corrected chi connectivity index (χ3v) is 3.84. The third kappa shape index (κ3) is 4.37. The highest BCUT2D eigenvalue weighted by Crippen LogP contribution is 2.19. The highest BCUT2D eigenvalue weighted by atomic mass is 16.4. The SMILES string of the molecule is CCC(CC)C(C)C(=O)NCc1ccc(C(=O)O)cc1. The summed E-state index contributed by atoms with van der Waals surface area (Å²) < 4.78 is 0. The first-order valence-corrected chi connectivity index (χ1v) is 7.09. The van der Waals surface area contributed by atoms with E-state index in [4.69, 9.17) is 5.11 Å². The molecule has 0 radical (unpaired) electrons. The van der Waals surface area contributed by atoms with Crippen LogP contribution in [0.1, 0.15) is 49.5 Å². The first-order valence-electron chi connectivity index (χ1n) is 7.09. The van der Waals surface area contributed by atoms with E-state index in [9.17, 15) is 9.59 Å². The number of aromatic carboxylic acids is 1. The van der Waals surface area contributed by atoms with Crippen molar-refractivity contribution in [3.8, 4) is 0 Å². The number of benzene rings is 1. The zero-order valence-corrected chi connectivity index (χ0v) is 12.3. The number of carbonyl (C=O) groups excluding carboxylic acids is 1. The Morgan fingerprint density at radius 1 is 1.15 bits per heavy atom. The smallest absolute Gasteiger partial charge is 0.335 e. The molecule has 20 heavy (non-hydrogen) atoms. The van der Waals surface area contributed by atoms with Gasteiger partial charge in [-0.25, -0.2) is 4.79 Å². The molecule has 1 rings (SSSR count). The molecule has 1 aromatic carbocycles. The van der Waals surface area contributed by atoms with Gasteiger partial charge >= 0.3 is 5.97 Å². The van der Waals surface area contributed by atoms with E-state index >= 15 is 0 Å². The van der Waals surface area contributed by atoms with Crippen LogP contribution in [0.4, 0.5) is 0 Å². The van der Waals surface area contributed by atoms with Crippen LogP contribution >= 0.6 is 0 Å². The monoisotopic (exact) mass is 277 g/mol. The van der Waals surface area contributed by atoms with Gasteiger partial charge in [0.1, 0.15) is 0 Å². The molecule has 0 spiro atoms. The van der Waals surface area contributed by atoms with Crippen LogP contribution in [0.2, 0.25) is 0 Å². The van der Waals surface area contributed by atoms with E-state index in [1.165, 1.54) is 0 Å². The minimum atomic E-state index is -0.942. The highest BCUT2D eigenvalue weighted by molar-refractivity contribution is 5.87. The van der Waals surface area contributed by atoms with E-state index in [1.54, 1.807) is 24.3 Å². The van der Waals surface area contributed by atoms with E-state index in [2.05, 4.69) is 19.2 Å². The molecule has 0 aliphatic carbocycles. The summed E-state index contributed by atoms with van der Waals surface area (Å²) in [5.41, 5.74) is 1.16. The number of carbonyl (C=O) groups is 2. The summed E-state index contributed by atoms with van der Waals surface area (Å²) in [6, 6.07) is 6.55. The number of hydrogen-bond donors (Lipinski definition) is 2. The fourth-order valence-corrected chi connectivity index (χ4v) is 2.33. The van der Waals surface area contributed by atoms with Crippen molar-refractivity contribution in [2.24, 2.45) is 11.8 Å². The van der Waals surface area contributed by atoms with Gasteiger partial charge < -0.3 is 10.4 Å². The van der Waals surface area contributed by atoms with E-state index in [0.29, 0.717) is 12.5 Å². The lowest BCUT2D eigenvalue weighted by Gasteiger charge is -2.20. The maximum atomic E-state index is 12.0. The molecule has 0 saturated heterocycles. The van der Waals surface area contributed by atoms with Crippen LogP contribution in [0.15, 0.2) is 24.3 Å². The quantitative estimate of drug-likeness (QED) is 0.805. The number of carboxylic acid groups (broad SMARTS) is 1. The van der Waals surface area contributed by atoms with Crippen LogP contribution in [0.3, 0.4) is 0 Å². The molecule has 1 unspecified atom stereocenters. The van der Waals surface area contributed by atoms with Gasteiger partial charge in [0, 0.05) is 12.5 Å². The number of hydrogen-bond acceptors (Lipinski definition) is 2. The van der Waals surface area contributed by atoms with Crippen molar-refractivity contribution in [2.45, 2.75) is 40.2 Å². The molecule has 4 heteroatoms. The Morgan fingerprint density at radius 2 is 1.70 bits per heavy atom. The molecule has 110 valence electrons. The summed E-state index contributed by atoms with van der Waals surface area (Å²) in [4.78, 5) is 22.8. The zero-order chi connectivity index (χ0) is 15.1. The van der Waals surface area contributed by atoms with Crippen molar-refractivity contribution in [1.29, 1.82) is 0 Å². The first kappa shape index (κ1) is 16.2. The maximum absolute atomic E-state index is 12.0. The molecule has 0 saturated carbocycles. The van der Waals surface area contributed by atoms with Gasteiger partial charge in [0.05, 0.1) is 5.56 Å². The molecule has 0 heterocycles. The molecule has 2 N–H and O–H groups in total. The lowest BCUT2D eigenvalue weighted by molar-refractivity contribution is -0.126. The normalized spacial score (nSPS) is 12.2. The predicted molar refractivity (Wildman–Crippen MR) is 78.5 cm³/mol. The van der Waals surface area contributed by atoms with E-state index < -0.39 is 5.97 Å². The Hall–Kier alpha value is -1.84. The number of carboxylic acids is 1. The molecule has 1 aromatic rings. The van der Waals surface area contributed by atoms with Crippen molar-refractivity contribution >= 4 is 11.9 Å². The largest absolute Gasteiger partial charge is 0.478 e. The molecule has 0 fully saturated rings. The average Bonchev–Trinajstić information content (AvgIpc) is 2.46. The maximum Gasteiger partial charge on any atom is 0.335 e. The van der Waals surface area contributed by atoms with Gasteiger partial charge in [0.25, 0.3) is 0 Å². The number of amides is 1. The second-order valence-corrected chi connectivity index (χ2v) is 5.09. The average molecular weight is 277 g/mol. The Morgan fingerprint density at radius 3 is 2.15 bits per heavy atom. The lowest BCUT2D eigenvalue weighted by atomic mass is 9.88. The van der Waals surface area contributed by atoms with Gasteiger partial charge in [-0.15, -0.1) is 0 Å². The Bertz CT molecular complexity index is 449. The summed E-state index contributed by atoms with van der Waals surface area (Å²) in [5.74, 6) is -0.475. The fraction of sp³-hybridized carbons (Fsp3) is 0.500.